The molecule has 2 aliphatic rings. The number of nitrogens with one attached hydrogen (secondary N) is 3. The predicted molar refractivity (Wildman–Crippen MR) is 244 cm³/mol. The maximum Gasteiger partial charge on any atom is 0.416 e. The number of hydrogen-bond acceptors (Lipinski definition) is 11. The summed E-state index contributed by atoms with van der Waals surface area (Å²) in [6.07, 6.45) is -0.416. The minimum absolute atomic E-state index is 0.0561. The number of anilines is 5. The lowest BCUT2D eigenvalue weighted by Crippen LogP contribution is -2.17. The molecule has 0 radical (unpaired) electrons. The number of carboxylic acids is 1. The van der Waals surface area contributed by atoms with Crippen molar-refractivity contribution in [2.75, 3.05) is 16.0 Å². The van der Waals surface area contributed by atoms with Crippen molar-refractivity contribution in [3.05, 3.63) is 126 Å². The molecule has 1 amide bonds. The lowest BCUT2D eigenvalue weighted by molar-refractivity contribution is -0.138. The topological polar surface area (TPSA) is 177 Å². The zero-order valence-electron chi connectivity index (χ0n) is 36.3. The molecule has 0 unspecified atom stereocenters. The molecule has 0 atom stereocenters. The molecule has 2 fully saturated rings. The van der Waals surface area contributed by atoms with Crippen molar-refractivity contribution in [2.45, 2.75) is 70.8 Å². The minimum Gasteiger partial charge on any atom is -0.478 e. The van der Waals surface area contributed by atoms with Crippen LogP contribution in [0.4, 0.5) is 59.8 Å². The van der Waals surface area contributed by atoms with E-state index in [4.69, 9.17) is 9.72 Å². The van der Waals surface area contributed by atoms with Gasteiger partial charge in [-0.3, -0.25) is 5.32 Å². The van der Waals surface area contributed by atoms with Gasteiger partial charge in [-0.15, -0.1) is 0 Å². The summed E-state index contributed by atoms with van der Waals surface area (Å²) in [7, 11) is 0. The summed E-state index contributed by atoms with van der Waals surface area (Å²) < 4.78 is 84.4. The summed E-state index contributed by atoms with van der Waals surface area (Å²) in [6.45, 7) is 3.49. The van der Waals surface area contributed by atoms with E-state index in [1.165, 1.54) is 30.3 Å². The first-order valence-corrected chi connectivity index (χ1v) is 21.7. The summed E-state index contributed by atoms with van der Waals surface area (Å²) in [6, 6.07) is 19.5. The second kappa shape index (κ2) is 18.2. The number of carbonyl (C=O) groups excluding carboxylic acids is 1. The largest absolute Gasteiger partial charge is 0.478 e. The third-order valence-corrected chi connectivity index (χ3v) is 11.2. The summed E-state index contributed by atoms with van der Waals surface area (Å²) in [5.74, 6) is 1.89. The Morgan fingerprint density at radius 1 is 0.632 bits per heavy atom. The van der Waals surface area contributed by atoms with E-state index in [1.54, 1.807) is 56.6 Å². The molecule has 4 N–H and O–H groups in total. The number of hydrogen-bond donors (Lipinski definition) is 4. The van der Waals surface area contributed by atoms with Gasteiger partial charge < -0.3 is 20.5 Å². The Bertz CT molecular complexity index is 3250. The summed E-state index contributed by atoms with van der Waals surface area (Å²) >= 11 is 0. The van der Waals surface area contributed by atoms with E-state index in [2.05, 4.69) is 40.9 Å². The van der Waals surface area contributed by atoms with Crippen LogP contribution in [-0.4, -0.2) is 53.2 Å². The third kappa shape index (κ3) is 10.6. The fourth-order valence-electron chi connectivity index (χ4n) is 7.57. The number of amides is 1. The Morgan fingerprint density at radius 2 is 1.12 bits per heavy atom. The second-order valence-electron chi connectivity index (χ2n) is 17.1. The zero-order chi connectivity index (χ0) is 47.9. The molecule has 2 saturated carbocycles. The maximum absolute atomic E-state index is 13.3. The highest BCUT2D eigenvalue weighted by Gasteiger charge is 2.32. The van der Waals surface area contributed by atoms with Gasteiger partial charge in [0.15, 0.2) is 11.6 Å². The van der Waals surface area contributed by atoms with E-state index in [0.717, 1.165) is 68.2 Å². The van der Waals surface area contributed by atoms with Crippen molar-refractivity contribution >= 4 is 84.4 Å². The first kappa shape index (κ1) is 45.5. The molecular formula is C49H41F6N9O4. The highest BCUT2D eigenvalue weighted by atomic mass is 19.4. The molecule has 0 spiro atoms. The molecule has 4 aromatic carbocycles. The van der Waals surface area contributed by atoms with Crippen molar-refractivity contribution in [3.8, 4) is 0 Å². The van der Waals surface area contributed by atoms with E-state index in [0.29, 0.717) is 73.2 Å². The minimum atomic E-state index is -4.48. The highest BCUT2D eigenvalue weighted by molar-refractivity contribution is 6.11. The molecule has 2 aliphatic carbocycles. The van der Waals surface area contributed by atoms with E-state index in [-0.39, 0.29) is 28.9 Å². The average Bonchev–Trinajstić information content (AvgIpc) is 4.24. The molecule has 10 rings (SSSR count). The van der Waals surface area contributed by atoms with Gasteiger partial charge >= 0.3 is 24.4 Å². The fourth-order valence-corrected chi connectivity index (χ4v) is 7.57. The summed E-state index contributed by atoms with van der Waals surface area (Å²) in [4.78, 5) is 51.0. The van der Waals surface area contributed by atoms with Gasteiger partial charge in [0.25, 0.3) is 0 Å². The summed E-state index contributed by atoms with van der Waals surface area (Å²) in [5.41, 5.74) is 1.29. The van der Waals surface area contributed by atoms with Crippen molar-refractivity contribution < 1.29 is 45.8 Å². The Labute approximate surface area is 383 Å². The van der Waals surface area contributed by atoms with E-state index < -0.39 is 35.5 Å². The number of aromatic nitrogens is 6. The summed E-state index contributed by atoms with van der Waals surface area (Å²) in [5, 5.41) is 20.7. The number of halogens is 6. The lowest BCUT2D eigenvalue weighted by atomic mass is 10.1. The van der Waals surface area contributed by atoms with Crippen LogP contribution in [0.2, 0.25) is 0 Å². The van der Waals surface area contributed by atoms with Crippen LogP contribution in [-0.2, 0) is 29.9 Å². The van der Waals surface area contributed by atoms with E-state index in [9.17, 15) is 41.0 Å². The SMILES string of the molecule is CC(C)OC(=O)Nc1ccc2c(c1)nc(Nc1cccc(C(F)(F)F)c1)c1nc(CC3CC3)ncc12.O=C(O)c1ccc2c(c1)nc(Nc1cccc(C(F)(F)F)c1)c1nc(CC3CC3)ncc12. The Kier molecular flexibility index (Phi) is 12.2. The zero-order valence-corrected chi connectivity index (χ0v) is 36.3. The number of nitrogens with zero attached hydrogens (tertiary/aromatic N) is 6. The molecule has 0 aliphatic heterocycles. The quantitative estimate of drug-likeness (QED) is 0.0714. The van der Waals surface area contributed by atoms with Crippen molar-refractivity contribution in [2.24, 2.45) is 11.8 Å². The van der Waals surface area contributed by atoms with Crippen LogP contribution in [0.3, 0.4) is 0 Å². The first-order chi connectivity index (χ1) is 32.4. The number of alkyl halides is 6. The Hall–Kier alpha value is -7.70. The van der Waals surface area contributed by atoms with Crippen molar-refractivity contribution in [1.29, 1.82) is 0 Å². The number of rotatable bonds is 11. The standard InChI is InChI=1S/C26H24F3N5O2.C23H17F3N4O2/c1-14(2)36-25(35)32-18-8-9-19-20-13-30-22(10-15-6-7-15)34-23(20)24(33-21(19)12-18)31-17-5-3-4-16(11-17)26(27,28)29;24-23(25,26)14-2-1-3-15(10-14)28-21-20-17(11-27-19(30-20)8-12-4-5-12)16-7-6-13(22(31)32)9-18(16)29-21/h3-5,8-9,11-15H,6-7,10H2,1-2H3,(H,31,33)(H,32,35);1-3,6-7,9-12H,4-5,8H2,(H,28,29)(H,31,32). The molecule has 8 aromatic rings. The number of ether oxygens (including phenoxy) is 1. The van der Waals surface area contributed by atoms with Crippen LogP contribution < -0.4 is 16.0 Å². The van der Waals surface area contributed by atoms with Gasteiger partial charge in [-0.05, 0) is 112 Å². The monoisotopic (exact) mass is 933 g/mol. The second-order valence-corrected chi connectivity index (χ2v) is 17.1. The number of aromatic carboxylic acids is 1. The number of fused-ring (bicyclic) bond motifs is 6. The van der Waals surface area contributed by atoms with Crippen LogP contribution in [0.1, 0.15) is 72.7 Å². The first-order valence-electron chi connectivity index (χ1n) is 21.7. The third-order valence-electron chi connectivity index (χ3n) is 11.2. The van der Waals surface area contributed by atoms with Gasteiger partial charge in [0.2, 0.25) is 0 Å². The molecule has 4 heterocycles. The van der Waals surface area contributed by atoms with Gasteiger partial charge in [0.1, 0.15) is 22.7 Å². The predicted octanol–water partition coefficient (Wildman–Crippen LogP) is 12.4. The molecular weight excluding hydrogens is 893 g/mol. The van der Waals surface area contributed by atoms with Gasteiger partial charge in [-0.25, -0.2) is 39.5 Å². The van der Waals surface area contributed by atoms with Crippen LogP contribution in [0.15, 0.2) is 97.3 Å². The molecule has 0 bridgehead atoms. The number of benzene rings is 4. The number of carboxylic acid groups (broad SMARTS) is 1. The van der Waals surface area contributed by atoms with Crippen molar-refractivity contribution in [1.82, 2.24) is 29.9 Å². The lowest BCUT2D eigenvalue weighted by Gasteiger charge is -2.14. The van der Waals surface area contributed by atoms with Crippen LogP contribution in [0.25, 0.3) is 43.6 Å². The van der Waals surface area contributed by atoms with Crippen LogP contribution in [0.5, 0.6) is 0 Å². The number of pyridine rings is 2. The highest BCUT2D eigenvalue weighted by Crippen LogP contribution is 2.38. The van der Waals surface area contributed by atoms with Gasteiger partial charge in [0.05, 0.1) is 33.8 Å². The van der Waals surface area contributed by atoms with E-state index in [1.807, 2.05) is 0 Å². The normalized spacial score (nSPS) is 14.0. The molecule has 0 saturated heterocycles. The maximum atomic E-state index is 13.3. The Morgan fingerprint density at radius 3 is 1.57 bits per heavy atom. The molecule has 68 heavy (non-hydrogen) atoms. The fraction of sp³-hybridized carbons (Fsp3) is 0.265. The van der Waals surface area contributed by atoms with Gasteiger partial charge in [0, 0.05) is 63.8 Å². The van der Waals surface area contributed by atoms with Gasteiger partial charge in [-0.2, -0.15) is 26.3 Å². The molecule has 13 nitrogen and oxygen atoms in total. The number of carbonyl (C=O) groups is 2. The molecule has 4 aromatic heterocycles. The van der Waals surface area contributed by atoms with Crippen LogP contribution in [0, 0.1) is 11.8 Å². The Balaban J connectivity index is 0.000000171. The smallest absolute Gasteiger partial charge is 0.416 e. The average molecular weight is 934 g/mol. The van der Waals surface area contributed by atoms with E-state index >= 15 is 0 Å². The van der Waals surface area contributed by atoms with Gasteiger partial charge in [-0.1, -0.05) is 24.3 Å². The van der Waals surface area contributed by atoms with Crippen LogP contribution >= 0.6 is 0 Å². The van der Waals surface area contributed by atoms with Crippen molar-refractivity contribution in [3.63, 3.8) is 0 Å². The molecule has 19 heteroatoms. The molecule has 348 valence electrons.